The number of hydrogen-bond donors (Lipinski definition) is 0. The minimum absolute atomic E-state index is 0.0796. The molecule has 2 aliphatic rings. The Labute approximate surface area is 295 Å². The lowest BCUT2D eigenvalue weighted by molar-refractivity contribution is -0.139. The lowest BCUT2D eigenvalue weighted by Crippen LogP contribution is -2.40. The van der Waals surface area contributed by atoms with Crippen LogP contribution in [0.5, 0.6) is 34.5 Å². The first kappa shape index (κ1) is 34.1. The normalized spacial score (nSPS) is 15.2. The fourth-order valence-electron chi connectivity index (χ4n) is 5.61. The Balaban J connectivity index is 1.39. The van der Waals surface area contributed by atoms with E-state index >= 15 is 0 Å². The van der Waals surface area contributed by atoms with Crippen molar-refractivity contribution in [1.29, 1.82) is 0 Å². The molecule has 0 aliphatic carbocycles. The molecule has 11 nitrogen and oxygen atoms in total. The van der Waals surface area contributed by atoms with Gasteiger partial charge in [-0.1, -0.05) is 23.5 Å². The molecule has 1 atom stereocenters. The summed E-state index contributed by atoms with van der Waals surface area (Å²) >= 11 is 4.85. The van der Waals surface area contributed by atoms with Crippen molar-refractivity contribution < 1.29 is 38.0 Å². The van der Waals surface area contributed by atoms with Crippen molar-refractivity contribution in [1.82, 2.24) is 4.57 Å². The Morgan fingerprint density at radius 3 is 2.57 bits per heavy atom. The number of fused-ring (bicyclic) bond motifs is 2. The van der Waals surface area contributed by atoms with Gasteiger partial charge in [0.05, 0.1) is 53.2 Å². The lowest BCUT2D eigenvalue weighted by atomic mass is 9.95. The summed E-state index contributed by atoms with van der Waals surface area (Å²) in [4.78, 5) is 32.7. The van der Waals surface area contributed by atoms with Crippen LogP contribution in [0.2, 0.25) is 0 Å². The summed E-state index contributed by atoms with van der Waals surface area (Å²) in [7, 11) is 3.10. The summed E-state index contributed by atoms with van der Waals surface area (Å²) in [6.07, 6.45) is 1.68. The van der Waals surface area contributed by atoms with Crippen molar-refractivity contribution in [2.75, 3.05) is 27.6 Å². The smallest absolute Gasteiger partial charge is 0.338 e. The topological polar surface area (TPSA) is 116 Å². The molecule has 13 heteroatoms. The van der Waals surface area contributed by atoms with E-state index in [1.165, 1.54) is 15.9 Å². The SMILES string of the molecule is CCOC(=O)C1=C(C)N=c2s/c(=C\c3cc(Br)c(OCc4ccc5c(c4)OCO5)c(OC)c3)c(=O)n2[C@H]1c1ccc(OC(C)C)c(OC)c1. The number of methoxy groups -OCH3 is 2. The molecule has 3 aromatic carbocycles. The van der Waals surface area contributed by atoms with E-state index in [9.17, 15) is 9.59 Å². The van der Waals surface area contributed by atoms with E-state index in [1.54, 1.807) is 52.3 Å². The Kier molecular flexibility index (Phi) is 10.0. The van der Waals surface area contributed by atoms with E-state index in [0.29, 0.717) is 65.1 Å². The van der Waals surface area contributed by atoms with E-state index in [2.05, 4.69) is 20.9 Å². The number of benzene rings is 3. The number of thiazole rings is 1. The van der Waals surface area contributed by atoms with Crippen molar-refractivity contribution in [2.45, 2.75) is 46.4 Å². The van der Waals surface area contributed by atoms with E-state index in [-0.39, 0.29) is 37.2 Å². The molecule has 49 heavy (non-hydrogen) atoms. The highest BCUT2D eigenvalue weighted by atomic mass is 79.9. The molecule has 0 amide bonds. The number of carbonyl (C=O) groups is 1. The van der Waals surface area contributed by atoms with Gasteiger partial charge in [0, 0.05) is 0 Å². The lowest BCUT2D eigenvalue weighted by Gasteiger charge is -2.25. The maximum absolute atomic E-state index is 14.2. The van der Waals surface area contributed by atoms with Gasteiger partial charge in [0.1, 0.15) is 6.61 Å². The van der Waals surface area contributed by atoms with Crippen molar-refractivity contribution in [3.8, 4) is 34.5 Å². The zero-order chi connectivity index (χ0) is 34.8. The highest BCUT2D eigenvalue weighted by Gasteiger charge is 2.34. The highest BCUT2D eigenvalue weighted by molar-refractivity contribution is 9.10. The van der Waals surface area contributed by atoms with Crippen LogP contribution in [0.3, 0.4) is 0 Å². The van der Waals surface area contributed by atoms with Gasteiger partial charge in [-0.05, 0) is 103 Å². The Hall–Kier alpha value is -4.75. The molecule has 3 heterocycles. The second-order valence-electron chi connectivity index (χ2n) is 11.4. The number of nitrogens with zero attached hydrogens (tertiary/aromatic N) is 2. The van der Waals surface area contributed by atoms with Crippen LogP contribution >= 0.6 is 27.3 Å². The molecule has 0 radical (unpaired) electrons. The number of ether oxygens (including phenoxy) is 7. The molecule has 1 aromatic heterocycles. The van der Waals surface area contributed by atoms with Crippen LogP contribution in [0.15, 0.2) is 74.1 Å². The summed E-state index contributed by atoms with van der Waals surface area (Å²) in [5.74, 6) is 2.83. The molecular weight excluding hydrogens is 716 g/mol. The Bertz CT molecular complexity index is 2140. The molecule has 0 N–H and O–H groups in total. The minimum atomic E-state index is -0.812. The zero-order valence-corrected chi connectivity index (χ0v) is 30.2. The molecular formula is C36H35BrN2O9S. The summed E-state index contributed by atoms with van der Waals surface area (Å²) in [6, 6.07) is 13.9. The molecule has 0 spiro atoms. The third kappa shape index (κ3) is 6.90. The largest absolute Gasteiger partial charge is 0.493 e. The molecule has 0 bridgehead atoms. The number of hydrogen-bond acceptors (Lipinski definition) is 11. The molecule has 2 aliphatic heterocycles. The Morgan fingerprint density at radius 1 is 1.06 bits per heavy atom. The fraction of sp³-hybridized carbons (Fsp3) is 0.306. The molecule has 0 saturated heterocycles. The maximum atomic E-state index is 14.2. The minimum Gasteiger partial charge on any atom is -0.493 e. The maximum Gasteiger partial charge on any atom is 0.338 e. The van der Waals surface area contributed by atoms with Gasteiger partial charge in [-0.15, -0.1) is 0 Å². The first-order valence-corrected chi connectivity index (χ1v) is 17.2. The zero-order valence-electron chi connectivity index (χ0n) is 27.8. The molecule has 256 valence electrons. The van der Waals surface area contributed by atoms with Crippen LogP contribution in [-0.4, -0.2) is 44.3 Å². The Morgan fingerprint density at radius 2 is 1.84 bits per heavy atom. The first-order valence-electron chi connectivity index (χ1n) is 15.5. The second-order valence-corrected chi connectivity index (χ2v) is 13.3. The molecule has 0 saturated carbocycles. The van der Waals surface area contributed by atoms with Crippen LogP contribution in [0.1, 0.15) is 50.4 Å². The van der Waals surface area contributed by atoms with Gasteiger partial charge >= 0.3 is 5.97 Å². The van der Waals surface area contributed by atoms with Gasteiger partial charge in [-0.25, -0.2) is 9.79 Å². The summed E-state index contributed by atoms with van der Waals surface area (Å²) in [5, 5.41) is 0. The van der Waals surface area contributed by atoms with Crippen LogP contribution < -0.4 is 43.3 Å². The van der Waals surface area contributed by atoms with Gasteiger partial charge in [0.2, 0.25) is 6.79 Å². The van der Waals surface area contributed by atoms with Gasteiger partial charge in [-0.3, -0.25) is 9.36 Å². The van der Waals surface area contributed by atoms with Crippen LogP contribution in [0.25, 0.3) is 6.08 Å². The monoisotopic (exact) mass is 750 g/mol. The van der Waals surface area contributed by atoms with Gasteiger partial charge in [-0.2, -0.15) is 0 Å². The number of esters is 1. The predicted molar refractivity (Wildman–Crippen MR) is 187 cm³/mol. The second kappa shape index (κ2) is 14.4. The van der Waals surface area contributed by atoms with E-state index < -0.39 is 12.0 Å². The van der Waals surface area contributed by atoms with Gasteiger partial charge in [0.25, 0.3) is 5.56 Å². The third-order valence-corrected chi connectivity index (χ3v) is 9.32. The molecule has 6 rings (SSSR count). The van der Waals surface area contributed by atoms with E-state index in [1.807, 2.05) is 44.2 Å². The summed E-state index contributed by atoms with van der Waals surface area (Å²) < 4.78 is 42.3. The number of carbonyl (C=O) groups excluding carboxylic acids is 1. The van der Waals surface area contributed by atoms with Crippen LogP contribution in [-0.2, 0) is 16.1 Å². The highest BCUT2D eigenvalue weighted by Crippen LogP contribution is 2.39. The average Bonchev–Trinajstić information content (AvgIpc) is 3.66. The standard InChI is InChI=1S/C36H35BrN2O9S/c1-7-44-35(41)31-20(4)38-36-39(32(31)23-9-11-26(48-19(2)3)27(16-23)42-5)34(40)30(49-36)15-22-12-24(37)33(29(14-22)43-6)45-17-21-8-10-25-28(13-21)47-18-46-25/h8-16,19,32H,7,17-18H2,1-6H3/b30-15-/t32-/m0/s1. The van der Waals surface area contributed by atoms with Crippen molar-refractivity contribution in [3.63, 3.8) is 0 Å². The van der Waals surface area contributed by atoms with Crippen molar-refractivity contribution >= 4 is 39.3 Å². The quantitative estimate of drug-likeness (QED) is 0.179. The van der Waals surface area contributed by atoms with E-state index in [0.717, 1.165) is 5.56 Å². The predicted octanol–water partition coefficient (Wildman–Crippen LogP) is 5.67. The number of halogens is 1. The van der Waals surface area contributed by atoms with Gasteiger partial charge < -0.3 is 33.2 Å². The number of allylic oxidation sites excluding steroid dienone is 1. The molecule has 0 unspecified atom stereocenters. The average molecular weight is 752 g/mol. The first-order chi connectivity index (χ1) is 23.6. The van der Waals surface area contributed by atoms with Crippen LogP contribution in [0.4, 0.5) is 0 Å². The molecule has 4 aromatic rings. The van der Waals surface area contributed by atoms with Crippen molar-refractivity contribution in [3.05, 3.63) is 101 Å². The molecule has 0 fully saturated rings. The fourth-order valence-corrected chi connectivity index (χ4v) is 7.23. The number of aromatic nitrogens is 1. The summed E-state index contributed by atoms with van der Waals surface area (Å²) in [5.41, 5.74) is 2.66. The van der Waals surface area contributed by atoms with Gasteiger partial charge in [0.15, 0.2) is 39.3 Å². The van der Waals surface area contributed by atoms with Crippen LogP contribution in [0, 0.1) is 0 Å². The van der Waals surface area contributed by atoms with E-state index in [4.69, 9.17) is 33.2 Å². The summed E-state index contributed by atoms with van der Waals surface area (Å²) in [6.45, 7) is 7.96. The third-order valence-electron chi connectivity index (χ3n) is 7.75. The van der Waals surface area contributed by atoms with Crippen molar-refractivity contribution in [2.24, 2.45) is 4.99 Å². The number of rotatable bonds is 11.